The van der Waals surface area contributed by atoms with Crippen molar-refractivity contribution in [2.75, 3.05) is 11.9 Å². The quantitative estimate of drug-likeness (QED) is 0.820. The van der Waals surface area contributed by atoms with Crippen molar-refractivity contribution in [3.8, 4) is 0 Å². The molecule has 4 nitrogen and oxygen atoms in total. The lowest BCUT2D eigenvalue weighted by Crippen LogP contribution is -2.46. The minimum absolute atomic E-state index is 0.120. The van der Waals surface area contributed by atoms with Gasteiger partial charge in [0.25, 0.3) is 0 Å². The highest BCUT2D eigenvalue weighted by atomic mass is 16.2. The summed E-state index contributed by atoms with van der Waals surface area (Å²) in [5, 5.41) is 6.13. The summed E-state index contributed by atoms with van der Waals surface area (Å²) in [7, 11) is 0. The van der Waals surface area contributed by atoms with Gasteiger partial charge in [-0.1, -0.05) is 45.2 Å². The molecule has 3 rings (SSSR count). The Morgan fingerprint density at radius 2 is 1.72 bits per heavy atom. The summed E-state index contributed by atoms with van der Waals surface area (Å²) >= 11 is 0. The van der Waals surface area contributed by atoms with E-state index >= 15 is 0 Å². The highest BCUT2D eigenvalue weighted by molar-refractivity contribution is 5.94. The number of benzene rings is 1. The Morgan fingerprint density at radius 3 is 2.28 bits per heavy atom. The lowest BCUT2D eigenvalue weighted by atomic mass is 9.68. The van der Waals surface area contributed by atoms with E-state index in [0.717, 1.165) is 56.3 Å². The van der Waals surface area contributed by atoms with E-state index in [4.69, 9.17) is 0 Å². The Hall–Kier alpha value is -1.84. The fourth-order valence-corrected chi connectivity index (χ4v) is 3.73. The molecule has 136 valence electrons. The second-order valence-corrected chi connectivity index (χ2v) is 8.09. The molecular weight excluding hydrogens is 312 g/mol. The summed E-state index contributed by atoms with van der Waals surface area (Å²) in [5.74, 6) is 0.932. The van der Waals surface area contributed by atoms with Gasteiger partial charge in [0.1, 0.15) is 0 Å². The van der Waals surface area contributed by atoms with Gasteiger partial charge in [0, 0.05) is 18.2 Å². The fraction of sp³-hybridized carbons (Fsp3) is 0.619. The molecule has 0 heterocycles. The van der Waals surface area contributed by atoms with Gasteiger partial charge in [0.2, 0.25) is 11.8 Å². The first kappa shape index (κ1) is 18.0. The first-order valence-electron chi connectivity index (χ1n) is 9.71. The number of carbonyl (C=O) groups excluding carboxylic acids is 2. The summed E-state index contributed by atoms with van der Waals surface area (Å²) in [6, 6.07) is 7.95. The zero-order valence-electron chi connectivity index (χ0n) is 15.4. The molecule has 0 spiro atoms. The molecule has 0 unspecified atom stereocenters. The lowest BCUT2D eigenvalue weighted by Gasteiger charge is -2.36. The molecule has 0 aliphatic heterocycles. The zero-order chi connectivity index (χ0) is 17.9. The molecular formula is C21H30N2O2. The standard InChI is InChI=1S/C21H30N2O2/c1-15(2)14-22-20(25)21(12-4-3-5-13-21)17-8-10-18(11-9-17)23-19(24)16-6-7-16/h8-11,15-16H,3-7,12-14H2,1-2H3,(H,22,25)(H,23,24). The Balaban J connectivity index is 1.75. The monoisotopic (exact) mass is 342 g/mol. The second kappa shape index (κ2) is 7.59. The van der Waals surface area contributed by atoms with Crippen LogP contribution in [0.2, 0.25) is 0 Å². The molecule has 2 aliphatic carbocycles. The number of carbonyl (C=O) groups is 2. The first-order chi connectivity index (χ1) is 12.0. The average molecular weight is 342 g/mol. The van der Waals surface area contributed by atoms with E-state index < -0.39 is 5.41 Å². The molecule has 0 saturated heterocycles. The third kappa shape index (κ3) is 4.23. The summed E-state index contributed by atoms with van der Waals surface area (Å²) < 4.78 is 0. The molecule has 0 aromatic heterocycles. The minimum Gasteiger partial charge on any atom is -0.355 e. The van der Waals surface area contributed by atoms with E-state index in [2.05, 4.69) is 24.5 Å². The third-order valence-electron chi connectivity index (χ3n) is 5.47. The van der Waals surface area contributed by atoms with Crippen molar-refractivity contribution >= 4 is 17.5 Å². The highest BCUT2D eigenvalue weighted by Crippen LogP contribution is 2.40. The van der Waals surface area contributed by atoms with Gasteiger partial charge in [-0.05, 0) is 49.3 Å². The van der Waals surface area contributed by atoms with E-state index in [1.54, 1.807) is 0 Å². The highest BCUT2D eigenvalue weighted by Gasteiger charge is 2.41. The number of hydrogen-bond donors (Lipinski definition) is 2. The molecule has 2 fully saturated rings. The molecule has 25 heavy (non-hydrogen) atoms. The molecule has 0 bridgehead atoms. The molecule has 1 aromatic carbocycles. The topological polar surface area (TPSA) is 58.2 Å². The summed E-state index contributed by atoms with van der Waals surface area (Å²) in [4.78, 5) is 24.9. The smallest absolute Gasteiger partial charge is 0.230 e. The molecule has 0 atom stereocenters. The SMILES string of the molecule is CC(C)CNC(=O)C1(c2ccc(NC(=O)C3CC3)cc2)CCCCC1. The van der Waals surface area contributed by atoms with Crippen LogP contribution in [0.4, 0.5) is 5.69 Å². The number of hydrogen-bond acceptors (Lipinski definition) is 2. The van der Waals surface area contributed by atoms with Crippen LogP contribution < -0.4 is 10.6 Å². The van der Waals surface area contributed by atoms with Crippen molar-refractivity contribution in [2.45, 2.75) is 64.2 Å². The normalized spacial score (nSPS) is 19.5. The van der Waals surface area contributed by atoms with Crippen molar-refractivity contribution < 1.29 is 9.59 Å². The molecule has 2 aliphatic rings. The van der Waals surface area contributed by atoms with Crippen LogP contribution in [0.1, 0.15) is 64.4 Å². The van der Waals surface area contributed by atoms with Crippen molar-refractivity contribution in [3.63, 3.8) is 0 Å². The van der Waals surface area contributed by atoms with Crippen molar-refractivity contribution in [3.05, 3.63) is 29.8 Å². The van der Waals surface area contributed by atoms with Gasteiger partial charge in [0.05, 0.1) is 5.41 Å². The van der Waals surface area contributed by atoms with Gasteiger partial charge in [-0.2, -0.15) is 0 Å². The predicted molar refractivity (Wildman–Crippen MR) is 100 cm³/mol. The lowest BCUT2D eigenvalue weighted by molar-refractivity contribution is -0.128. The van der Waals surface area contributed by atoms with Crippen LogP contribution in [0.15, 0.2) is 24.3 Å². The Labute approximate surface area is 150 Å². The van der Waals surface area contributed by atoms with Gasteiger partial charge in [-0.25, -0.2) is 0 Å². The van der Waals surface area contributed by atoms with Crippen LogP contribution in [0, 0.1) is 11.8 Å². The van der Waals surface area contributed by atoms with Crippen molar-refractivity contribution in [2.24, 2.45) is 11.8 Å². The maximum Gasteiger partial charge on any atom is 0.230 e. The largest absolute Gasteiger partial charge is 0.355 e. The van der Waals surface area contributed by atoms with E-state index in [1.165, 1.54) is 6.42 Å². The van der Waals surface area contributed by atoms with Gasteiger partial charge in [0.15, 0.2) is 0 Å². The number of rotatable bonds is 6. The first-order valence-corrected chi connectivity index (χ1v) is 9.71. The number of anilines is 1. The van der Waals surface area contributed by atoms with Crippen LogP contribution >= 0.6 is 0 Å². The Bertz CT molecular complexity index is 611. The minimum atomic E-state index is -0.411. The average Bonchev–Trinajstić information content (AvgIpc) is 3.46. The summed E-state index contributed by atoms with van der Waals surface area (Å²) in [5.41, 5.74) is 1.50. The van der Waals surface area contributed by atoms with Crippen LogP contribution in [0.3, 0.4) is 0 Å². The Kier molecular flexibility index (Phi) is 5.45. The van der Waals surface area contributed by atoms with Gasteiger partial charge < -0.3 is 10.6 Å². The van der Waals surface area contributed by atoms with Crippen molar-refractivity contribution in [1.82, 2.24) is 5.32 Å². The third-order valence-corrected chi connectivity index (χ3v) is 5.47. The summed E-state index contributed by atoms with van der Waals surface area (Å²) in [6.07, 6.45) is 7.21. The zero-order valence-corrected chi connectivity index (χ0v) is 15.4. The predicted octanol–water partition coefficient (Wildman–Crippen LogP) is 4.01. The molecule has 2 amide bonds. The van der Waals surface area contributed by atoms with Crippen LogP contribution in [-0.4, -0.2) is 18.4 Å². The maximum atomic E-state index is 13.0. The van der Waals surface area contributed by atoms with Gasteiger partial charge >= 0.3 is 0 Å². The molecule has 0 radical (unpaired) electrons. The summed E-state index contributed by atoms with van der Waals surface area (Å²) in [6.45, 7) is 4.95. The van der Waals surface area contributed by atoms with E-state index in [9.17, 15) is 9.59 Å². The molecule has 2 N–H and O–H groups in total. The second-order valence-electron chi connectivity index (χ2n) is 8.09. The van der Waals surface area contributed by atoms with Crippen molar-refractivity contribution in [1.29, 1.82) is 0 Å². The van der Waals surface area contributed by atoms with Gasteiger partial charge in [-0.3, -0.25) is 9.59 Å². The number of nitrogens with one attached hydrogen (secondary N) is 2. The Morgan fingerprint density at radius 1 is 1.08 bits per heavy atom. The molecule has 2 saturated carbocycles. The van der Waals surface area contributed by atoms with Gasteiger partial charge in [-0.15, -0.1) is 0 Å². The molecule has 1 aromatic rings. The fourth-order valence-electron chi connectivity index (χ4n) is 3.73. The van der Waals surface area contributed by atoms with E-state index in [1.807, 2.05) is 24.3 Å². The van der Waals surface area contributed by atoms with Crippen LogP contribution in [-0.2, 0) is 15.0 Å². The van der Waals surface area contributed by atoms with E-state index in [-0.39, 0.29) is 17.7 Å². The van der Waals surface area contributed by atoms with Crippen LogP contribution in [0.5, 0.6) is 0 Å². The van der Waals surface area contributed by atoms with E-state index in [0.29, 0.717) is 5.92 Å². The molecule has 4 heteroatoms. The van der Waals surface area contributed by atoms with Crippen LogP contribution in [0.25, 0.3) is 0 Å². The maximum absolute atomic E-state index is 13.0. The number of amides is 2.